The third-order valence-electron chi connectivity index (χ3n) is 4.29. The van der Waals surface area contributed by atoms with Crippen molar-refractivity contribution in [1.29, 1.82) is 0 Å². The van der Waals surface area contributed by atoms with E-state index in [4.69, 9.17) is 4.42 Å². The van der Waals surface area contributed by atoms with Crippen LogP contribution in [-0.2, 0) is 0 Å². The van der Waals surface area contributed by atoms with Crippen LogP contribution in [0, 0.1) is 17.0 Å². The molecular formula is C21H13BrN3O4-. The van der Waals surface area contributed by atoms with Crippen LogP contribution in [0.3, 0.4) is 0 Å². The van der Waals surface area contributed by atoms with Crippen molar-refractivity contribution in [3.05, 3.63) is 80.3 Å². The van der Waals surface area contributed by atoms with Gasteiger partial charge in [-0.15, -0.1) is 0 Å². The number of hydrogen-bond acceptors (Lipinski definition) is 6. The molecule has 1 aromatic heterocycles. The molecule has 29 heavy (non-hydrogen) atoms. The van der Waals surface area contributed by atoms with Gasteiger partial charge in [-0.1, -0.05) is 39.4 Å². The summed E-state index contributed by atoms with van der Waals surface area (Å²) in [6.45, 7) is 2.01. The number of fused-ring (bicyclic) bond motifs is 1. The fraction of sp³-hybridized carbons (Fsp3) is 0.0476. The van der Waals surface area contributed by atoms with Crippen LogP contribution in [0.5, 0.6) is 5.75 Å². The van der Waals surface area contributed by atoms with E-state index in [1.54, 1.807) is 18.2 Å². The van der Waals surface area contributed by atoms with E-state index < -0.39 is 4.92 Å². The van der Waals surface area contributed by atoms with Gasteiger partial charge in [0.1, 0.15) is 5.52 Å². The van der Waals surface area contributed by atoms with Gasteiger partial charge in [0.05, 0.1) is 10.6 Å². The topological polar surface area (TPSA) is 105 Å². The SMILES string of the molecule is Cc1ccc(-c2nc3cc(N=Cc4cc([N+](=O)[O-])cc(Br)c4[O-])ccc3o2)cc1. The molecule has 8 heteroatoms. The summed E-state index contributed by atoms with van der Waals surface area (Å²) >= 11 is 3.05. The minimum Gasteiger partial charge on any atom is -0.871 e. The van der Waals surface area contributed by atoms with Gasteiger partial charge in [0, 0.05) is 28.4 Å². The van der Waals surface area contributed by atoms with Crippen molar-refractivity contribution in [3.63, 3.8) is 0 Å². The molecule has 0 unspecified atom stereocenters. The van der Waals surface area contributed by atoms with Crippen LogP contribution in [-0.4, -0.2) is 16.1 Å². The second-order valence-corrected chi connectivity index (χ2v) is 7.25. The Morgan fingerprint density at radius 2 is 1.90 bits per heavy atom. The maximum absolute atomic E-state index is 12.2. The monoisotopic (exact) mass is 450 g/mol. The van der Waals surface area contributed by atoms with Crippen molar-refractivity contribution in [3.8, 4) is 17.2 Å². The lowest BCUT2D eigenvalue weighted by atomic mass is 10.1. The Bertz CT molecular complexity index is 1260. The Hall–Kier alpha value is -3.52. The number of nitrogens with zero attached hydrogens (tertiary/aromatic N) is 3. The van der Waals surface area contributed by atoms with E-state index in [9.17, 15) is 15.2 Å². The highest BCUT2D eigenvalue weighted by Gasteiger charge is 2.10. The predicted molar refractivity (Wildman–Crippen MR) is 112 cm³/mol. The van der Waals surface area contributed by atoms with E-state index in [2.05, 4.69) is 25.9 Å². The number of aryl methyl sites for hydroxylation is 1. The van der Waals surface area contributed by atoms with Crippen LogP contribution in [0.1, 0.15) is 11.1 Å². The van der Waals surface area contributed by atoms with Crippen LogP contribution in [0.25, 0.3) is 22.6 Å². The Morgan fingerprint density at radius 1 is 1.14 bits per heavy atom. The molecule has 4 rings (SSSR count). The Morgan fingerprint density at radius 3 is 2.62 bits per heavy atom. The van der Waals surface area contributed by atoms with E-state index in [1.807, 2.05) is 31.2 Å². The van der Waals surface area contributed by atoms with Crippen LogP contribution < -0.4 is 5.11 Å². The summed E-state index contributed by atoms with van der Waals surface area (Å²) in [5.74, 6) is 0.133. The van der Waals surface area contributed by atoms with Crippen molar-refractivity contribution in [1.82, 2.24) is 4.98 Å². The zero-order valence-electron chi connectivity index (χ0n) is 15.1. The van der Waals surface area contributed by atoms with Crippen molar-refractivity contribution < 1.29 is 14.4 Å². The van der Waals surface area contributed by atoms with E-state index in [0.29, 0.717) is 22.7 Å². The van der Waals surface area contributed by atoms with Gasteiger partial charge >= 0.3 is 0 Å². The lowest BCUT2D eigenvalue weighted by molar-refractivity contribution is -0.385. The first-order valence-corrected chi connectivity index (χ1v) is 9.36. The number of benzene rings is 3. The number of nitro benzene ring substituents is 1. The minimum absolute atomic E-state index is 0.114. The first-order chi connectivity index (χ1) is 13.9. The second kappa shape index (κ2) is 7.48. The van der Waals surface area contributed by atoms with Gasteiger partial charge in [-0.2, -0.15) is 0 Å². The van der Waals surface area contributed by atoms with Crippen LogP contribution in [0.15, 0.2) is 68.5 Å². The summed E-state index contributed by atoms with van der Waals surface area (Å²) in [5.41, 5.74) is 3.73. The average Bonchev–Trinajstić information content (AvgIpc) is 3.12. The summed E-state index contributed by atoms with van der Waals surface area (Å²) in [5, 5.41) is 23.2. The van der Waals surface area contributed by atoms with Crippen LogP contribution in [0.4, 0.5) is 11.4 Å². The third kappa shape index (κ3) is 3.88. The van der Waals surface area contributed by atoms with Crippen molar-refractivity contribution in [2.24, 2.45) is 4.99 Å². The molecule has 0 fully saturated rings. The van der Waals surface area contributed by atoms with Crippen molar-refractivity contribution >= 4 is 44.6 Å². The lowest BCUT2D eigenvalue weighted by Crippen LogP contribution is -1.99. The predicted octanol–water partition coefficient (Wildman–Crippen LogP) is 5.30. The maximum Gasteiger partial charge on any atom is 0.271 e. The molecule has 0 aliphatic heterocycles. The molecule has 0 amide bonds. The Kier molecular flexibility index (Phi) is 4.85. The van der Waals surface area contributed by atoms with Crippen molar-refractivity contribution in [2.45, 2.75) is 6.92 Å². The Labute approximate surface area is 173 Å². The number of rotatable bonds is 4. The number of hydrogen-bond donors (Lipinski definition) is 0. The van der Waals surface area contributed by atoms with Gasteiger partial charge in [0.15, 0.2) is 5.58 Å². The number of halogens is 1. The van der Waals surface area contributed by atoms with Crippen LogP contribution in [0.2, 0.25) is 0 Å². The number of aromatic nitrogens is 1. The van der Waals surface area contributed by atoms with Gasteiger partial charge in [-0.25, -0.2) is 4.98 Å². The Balaban J connectivity index is 1.67. The highest BCUT2D eigenvalue weighted by Crippen LogP contribution is 2.31. The minimum atomic E-state index is -0.560. The van der Waals surface area contributed by atoms with E-state index in [1.165, 1.54) is 18.3 Å². The second-order valence-electron chi connectivity index (χ2n) is 6.40. The van der Waals surface area contributed by atoms with E-state index >= 15 is 0 Å². The quantitative estimate of drug-likeness (QED) is 0.238. The molecule has 0 aliphatic carbocycles. The molecule has 0 radical (unpaired) electrons. The molecule has 1 heterocycles. The molecule has 0 bridgehead atoms. The largest absolute Gasteiger partial charge is 0.871 e. The van der Waals surface area contributed by atoms with Crippen molar-refractivity contribution in [2.75, 3.05) is 0 Å². The normalized spacial score (nSPS) is 11.4. The third-order valence-corrected chi connectivity index (χ3v) is 4.88. The molecule has 7 nitrogen and oxygen atoms in total. The molecule has 0 atom stereocenters. The summed E-state index contributed by atoms with van der Waals surface area (Å²) < 4.78 is 5.91. The number of aliphatic imine (C=N–C) groups is 1. The zero-order valence-corrected chi connectivity index (χ0v) is 16.7. The van der Waals surface area contributed by atoms with Gasteiger partial charge in [-0.3, -0.25) is 15.1 Å². The molecule has 144 valence electrons. The molecule has 0 N–H and O–H groups in total. The van der Waals surface area contributed by atoms with Gasteiger partial charge in [-0.05, 0) is 42.8 Å². The number of non-ortho nitro benzene ring substituents is 1. The summed E-state index contributed by atoms with van der Waals surface area (Å²) in [6, 6.07) is 15.4. The average molecular weight is 451 g/mol. The molecular weight excluding hydrogens is 438 g/mol. The molecule has 0 saturated heterocycles. The fourth-order valence-corrected chi connectivity index (χ4v) is 3.22. The van der Waals surface area contributed by atoms with E-state index in [-0.39, 0.29) is 21.5 Å². The summed E-state index contributed by atoms with van der Waals surface area (Å²) in [4.78, 5) is 19.2. The van der Waals surface area contributed by atoms with Gasteiger partial charge in [0.2, 0.25) is 5.89 Å². The standard InChI is InChI=1S/C21H14BrN3O4/c1-12-2-4-13(5-3-12)21-24-18-9-15(6-7-19(18)29-21)23-11-14-8-16(25(27)28)10-17(22)20(14)26/h2-11,26H,1H3/p-1. The maximum atomic E-state index is 12.2. The molecule has 0 saturated carbocycles. The highest BCUT2D eigenvalue weighted by molar-refractivity contribution is 9.10. The molecule has 0 aliphatic rings. The summed E-state index contributed by atoms with van der Waals surface area (Å²) in [7, 11) is 0. The molecule has 0 spiro atoms. The first kappa shape index (κ1) is 18.8. The first-order valence-electron chi connectivity index (χ1n) is 8.57. The van der Waals surface area contributed by atoms with Gasteiger partial charge < -0.3 is 9.52 Å². The van der Waals surface area contributed by atoms with Crippen LogP contribution >= 0.6 is 15.9 Å². The fourth-order valence-electron chi connectivity index (χ4n) is 2.76. The smallest absolute Gasteiger partial charge is 0.271 e. The number of oxazole rings is 1. The van der Waals surface area contributed by atoms with Gasteiger partial charge in [0.25, 0.3) is 5.69 Å². The molecule has 3 aromatic carbocycles. The van der Waals surface area contributed by atoms with E-state index in [0.717, 1.165) is 11.1 Å². The molecule has 4 aromatic rings. The summed E-state index contributed by atoms with van der Waals surface area (Å²) in [6.07, 6.45) is 1.31. The zero-order chi connectivity index (χ0) is 20.5. The number of nitro groups is 1. The highest BCUT2D eigenvalue weighted by atomic mass is 79.9. The lowest BCUT2D eigenvalue weighted by Gasteiger charge is -2.12.